The number of methoxy groups -OCH3 is 1. The van der Waals surface area contributed by atoms with Gasteiger partial charge in [0.05, 0.1) is 31.4 Å². The van der Waals surface area contributed by atoms with E-state index in [2.05, 4.69) is 10.6 Å². The van der Waals surface area contributed by atoms with E-state index in [-0.39, 0.29) is 30.3 Å². The Labute approximate surface area is 140 Å². The molecular weight excluding hydrogens is 310 g/mol. The minimum atomic E-state index is -0.608. The molecule has 2 fully saturated rings. The van der Waals surface area contributed by atoms with E-state index in [1.165, 1.54) is 4.90 Å². The van der Waals surface area contributed by atoms with Gasteiger partial charge in [0.25, 0.3) is 5.91 Å². The first kappa shape index (κ1) is 16.4. The van der Waals surface area contributed by atoms with Crippen LogP contribution in [0.4, 0.5) is 5.69 Å². The van der Waals surface area contributed by atoms with Gasteiger partial charge >= 0.3 is 0 Å². The van der Waals surface area contributed by atoms with Crippen molar-refractivity contribution in [2.75, 3.05) is 12.0 Å². The van der Waals surface area contributed by atoms with Gasteiger partial charge in [-0.15, -0.1) is 0 Å². The summed E-state index contributed by atoms with van der Waals surface area (Å²) in [5.41, 5.74) is 0.528. The summed E-state index contributed by atoms with van der Waals surface area (Å²) in [5, 5.41) is 5.98. The first-order valence-electron chi connectivity index (χ1n) is 8.15. The van der Waals surface area contributed by atoms with Crippen molar-refractivity contribution in [3.8, 4) is 5.75 Å². The third-order valence-corrected chi connectivity index (χ3v) is 4.36. The van der Waals surface area contributed by atoms with E-state index in [9.17, 15) is 14.4 Å². The van der Waals surface area contributed by atoms with Crippen LogP contribution in [-0.4, -0.2) is 37.0 Å². The third kappa shape index (κ3) is 3.41. The highest BCUT2D eigenvalue weighted by Crippen LogP contribution is 2.25. The van der Waals surface area contributed by atoms with Gasteiger partial charge in [0.15, 0.2) is 0 Å². The smallest absolute Gasteiger partial charge is 0.251 e. The van der Waals surface area contributed by atoms with E-state index in [4.69, 9.17) is 4.74 Å². The molecule has 2 N–H and O–H groups in total. The molecule has 7 heteroatoms. The highest BCUT2D eigenvalue weighted by atomic mass is 16.5. The Morgan fingerprint density at radius 3 is 2.62 bits per heavy atom. The summed E-state index contributed by atoms with van der Waals surface area (Å²) in [7, 11) is 1.56. The van der Waals surface area contributed by atoms with Gasteiger partial charge in [-0.3, -0.25) is 19.7 Å². The number of imide groups is 1. The SMILES string of the molecule is COc1ccc(N2C(=O)C[C@H](N[C@@H]3CCCCC(=O)N3)C2=O)cc1. The first-order chi connectivity index (χ1) is 11.6. The van der Waals surface area contributed by atoms with Gasteiger partial charge in [-0.05, 0) is 43.5 Å². The summed E-state index contributed by atoms with van der Waals surface area (Å²) in [6.45, 7) is 0. The first-order valence-corrected chi connectivity index (χ1v) is 8.15. The van der Waals surface area contributed by atoms with E-state index >= 15 is 0 Å². The number of nitrogens with zero attached hydrogens (tertiary/aromatic N) is 1. The molecule has 3 amide bonds. The third-order valence-electron chi connectivity index (χ3n) is 4.36. The van der Waals surface area contributed by atoms with Crippen LogP contribution in [0.3, 0.4) is 0 Å². The number of carbonyl (C=O) groups excluding carboxylic acids is 3. The van der Waals surface area contributed by atoms with Gasteiger partial charge < -0.3 is 10.1 Å². The number of nitrogens with one attached hydrogen (secondary N) is 2. The maximum atomic E-state index is 12.6. The number of hydrogen-bond donors (Lipinski definition) is 2. The van der Waals surface area contributed by atoms with Crippen molar-refractivity contribution in [2.45, 2.75) is 44.3 Å². The number of amides is 3. The second-order valence-corrected chi connectivity index (χ2v) is 6.05. The Morgan fingerprint density at radius 1 is 1.17 bits per heavy atom. The molecule has 2 atom stereocenters. The Hall–Kier alpha value is -2.41. The van der Waals surface area contributed by atoms with Crippen molar-refractivity contribution in [1.29, 1.82) is 0 Å². The Bertz CT molecular complexity index is 644. The summed E-state index contributed by atoms with van der Waals surface area (Å²) < 4.78 is 5.09. The van der Waals surface area contributed by atoms with Crippen LogP contribution in [0.2, 0.25) is 0 Å². The molecule has 1 aromatic rings. The van der Waals surface area contributed by atoms with Crippen LogP contribution in [0.5, 0.6) is 5.75 Å². The number of ether oxygens (including phenoxy) is 1. The van der Waals surface area contributed by atoms with E-state index < -0.39 is 6.04 Å². The Kier molecular flexibility index (Phi) is 4.80. The molecule has 2 saturated heterocycles. The van der Waals surface area contributed by atoms with E-state index in [0.29, 0.717) is 17.9 Å². The average molecular weight is 331 g/mol. The zero-order chi connectivity index (χ0) is 17.1. The van der Waals surface area contributed by atoms with Gasteiger partial charge in [-0.1, -0.05) is 0 Å². The minimum Gasteiger partial charge on any atom is -0.497 e. The summed E-state index contributed by atoms with van der Waals surface area (Å²) >= 11 is 0. The number of rotatable bonds is 4. The molecule has 1 aromatic carbocycles. The van der Waals surface area contributed by atoms with Gasteiger partial charge in [-0.25, -0.2) is 4.90 Å². The summed E-state index contributed by atoms with van der Waals surface area (Å²) in [6, 6.07) is 6.18. The van der Waals surface area contributed by atoms with Crippen LogP contribution in [0.1, 0.15) is 32.1 Å². The van der Waals surface area contributed by atoms with Crippen molar-refractivity contribution < 1.29 is 19.1 Å². The molecule has 128 valence electrons. The van der Waals surface area contributed by atoms with Crippen molar-refractivity contribution in [2.24, 2.45) is 0 Å². The fourth-order valence-electron chi connectivity index (χ4n) is 3.11. The molecule has 0 aromatic heterocycles. The predicted octanol–water partition coefficient (Wildman–Crippen LogP) is 0.933. The average Bonchev–Trinajstić information content (AvgIpc) is 2.73. The highest BCUT2D eigenvalue weighted by Gasteiger charge is 2.40. The highest BCUT2D eigenvalue weighted by molar-refractivity contribution is 6.22. The van der Waals surface area contributed by atoms with Gasteiger partial charge in [-0.2, -0.15) is 0 Å². The minimum absolute atomic E-state index is 0.0196. The van der Waals surface area contributed by atoms with Gasteiger partial charge in [0.2, 0.25) is 11.8 Å². The zero-order valence-electron chi connectivity index (χ0n) is 13.6. The van der Waals surface area contributed by atoms with Crippen LogP contribution in [0, 0.1) is 0 Å². The van der Waals surface area contributed by atoms with E-state index in [1.807, 2.05) is 0 Å². The fourth-order valence-corrected chi connectivity index (χ4v) is 3.11. The van der Waals surface area contributed by atoms with Gasteiger partial charge in [0, 0.05) is 6.42 Å². The lowest BCUT2D eigenvalue weighted by Crippen LogP contribution is -2.51. The van der Waals surface area contributed by atoms with Crippen LogP contribution in [0.15, 0.2) is 24.3 Å². The van der Waals surface area contributed by atoms with Crippen LogP contribution < -0.4 is 20.3 Å². The predicted molar refractivity (Wildman–Crippen MR) is 87.4 cm³/mol. The molecule has 0 bridgehead atoms. The number of benzene rings is 1. The number of hydrogen-bond acceptors (Lipinski definition) is 5. The molecule has 3 rings (SSSR count). The van der Waals surface area contributed by atoms with E-state index in [1.54, 1.807) is 31.4 Å². The number of carbonyl (C=O) groups is 3. The molecule has 2 heterocycles. The number of anilines is 1. The van der Waals surface area contributed by atoms with Crippen molar-refractivity contribution in [3.05, 3.63) is 24.3 Å². The van der Waals surface area contributed by atoms with Crippen molar-refractivity contribution >= 4 is 23.4 Å². The summed E-state index contributed by atoms with van der Waals surface area (Å²) in [4.78, 5) is 37.7. The fraction of sp³-hybridized carbons (Fsp3) is 0.471. The van der Waals surface area contributed by atoms with Gasteiger partial charge in [0.1, 0.15) is 5.75 Å². The quantitative estimate of drug-likeness (QED) is 0.802. The Morgan fingerprint density at radius 2 is 1.92 bits per heavy atom. The molecular formula is C17H21N3O4. The largest absolute Gasteiger partial charge is 0.497 e. The van der Waals surface area contributed by atoms with E-state index in [0.717, 1.165) is 19.3 Å². The molecule has 2 aliphatic heterocycles. The molecule has 24 heavy (non-hydrogen) atoms. The molecule has 2 aliphatic rings. The molecule has 0 aliphatic carbocycles. The lowest BCUT2D eigenvalue weighted by Gasteiger charge is -2.21. The Balaban J connectivity index is 1.70. The maximum absolute atomic E-state index is 12.6. The topological polar surface area (TPSA) is 87.7 Å². The van der Waals surface area contributed by atoms with Crippen LogP contribution >= 0.6 is 0 Å². The normalized spacial score (nSPS) is 24.7. The molecule has 0 radical (unpaired) electrons. The molecule has 0 saturated carbocycles. The zero-order valence-corrected chi connectivity index (χ0v) is 13.6. The molecule has 7 nitrogen and oxygen atoms in total. The van der Waals surface area contributed by atoms with Crippen molar-refractivity contribution in [1.82, 2.24) is 10.6 Å². The van der Waals surface area contributed by atoms with Crippen molar-refractivity contribution in [3.63, 3.8) is 0 Å². The molecule has 0 spiro atoms. The lowest BCUT2D eigenvalue weighted by molar-refractivity contribution is -0.123. The summed E-state index contributed by atoms with van der Waals surface area (Å²) in [6.07, 6.45) is 2.85. The summed E-state index contributed by atoms with van der Waals surface area (Å²) in [5.74, 6) is 0.105. The second kappa shape index (κ2) is 7.00. The van der Waals surface area contributed by atoms with Crippen LogP contribution in [0.25, 0.3) is 0 Å². The van der Waals surface area contributed by atoms with Crippen LogP contribution in [-0.2, 0) is 14.4 Å². The second-order valence-electron chi connectivity index (χ2n) is 6.05. The molecule has 0 unspecified atom stereocenters. The maximum Gasteiger partial charge on any atom is 0.251 e. The standard InChI is InChI=1S/C17H21N3O4/c1-24-12-8-6-11(7-9-12)20-16(22)10-13(17(20)23)18-14-4-2-3-5-15(21)19-14/h6-9,13-14,18H,2-5,10H2,1H3,(H,19,21)/t13-,14-/m0/s1. The monoisotopic (exact) mass is 331 g/mol. The lowest BCUT2D eigenvalue weighted by atomic mass is 10.2.